The van der Waals surface area contributed by atoms with E-state index in [0.717, 1.165) is 11.3 Å². The number of benzene rings is 1. The molecule has 0 bridgehead atoms. The van der Waals surface area contributed by atoms with Gasteiger partial charge in [0, 0.05) is 12.1 Å². The largest absolute Gasteiger partial charge is 0.494 e. The summed E-state index contributed by atoms with van der Waals surface area (Å²) < 4.78 is 15.2. The zero-order valence-electron chi connectivity index (χ0n) is 14.3. The molecule has 2 rings (SSSR count). The molecule has 7 nitrogen and oxygen atoms in total. The second-order valence-corrected chi connectivity index (χ2v) is 5.23. The molecule has 0 spiro atoms. The minimum atomic E-state index is -0.963. The van der Waals surface area contributed by atoms with Crippen molar-refractivity contribution in [1.29, 1.82) is 0 Å². The Labute approximate surface area is 145 Å². The second-order valence-electron chi connectivity index (χ2n) is 5.23. The number of aromatic nitrogens is 1. The average molecular weight is 344 g/mol. The Morgan fingerprint density at radius 3 is 2.64 bits per heavy atom. The number of hydrogen-bond acceptors (Lipinski definition) is 6. The van der Waals surface area contributed by atoms with Crippen LogP contribution in [0.3, 0.4) is 0 Å². The molecule has 0 saturated heterocycles. The normalized spacial score (nSPS) is 12.0. The Morgan fingerprint density at radius 2 is 2.04 bits per heavy atom. The summed E-state index contributed by atoms with van der Waals surface area (Å²) in [6, 6.07) is 8.82. The first kappa shape index (κ1) is 18.3. The quantitative estimate of drug-likeness (QED) is 0.613. The van der Waals surface area contributed by atoms with Crippen LogP contribution in [0.25, 0.3) is 6.08 Å². The lowest BCUT2D eigenvalue weighted by atomic mass is 10.2. The van der Waals surface area contributed by atoms with Crippen LogP contribution in [-0.4, -0.2) is 29.7 Å². The highest BCUT2D eigenvalue weighted by atomic mass is 16.5. The molecule has 0 aliphatic heterocycles. The minimum absolute atomic E-state index is 0.273. The Kier molecular flexibility index (Phi) is 6.33. The lowest BCUT2D eigenvalue weighted by Gasteiger charge is -2.10. The lowest BCUT2D eigenvalue weighted by molar-refractivity contribution is -0.148. The van der Waals surface area contributed by atoms with Crippen molar-refractivity contribution in [3.8, 4) is 5.75 Å². The van der Waals surface area contributed by atoms with Gasteiger partial charge in [0.1, 0.15) is 11.5 Å². The van der Waals surface area contributed by atoms with Crippen molar-refractivity contribution in [3.63, 3.8) is 0 Å². The Bertz CT molecular complexity index is 749. The molecule has 1 heterocycles. The molecule has 1 N–H and O–H groups in total. The standard InChI is InChI=1S/C18H20N2O5/c1-4-23-15-8-5-14(6-9-15)7-10-17(21)24-13(3)18(22)19-16-11-12(2)25-20-16/h5-11,13H,4H2,1-3H3,(H,19,20,22)/b10-7+/t13-/m0/s1. The van der Waals surface area contributed by atoms with E-state index in [-0.39, 0.29) is 5.82 Å². The van der Waals surface area contributed by atoms with Crippen molar-refractivity contribution < 1.29 is 23.6 Å². The summed E-state index contributed by atoms with van der Waals surface area (Å²) in [4.78, 5) is 23.7. The topological polar surface area (TPSA) is 90.7 Å². The van der Waals surface area contributed by atoms with Crippen LogP contribution < -0.4 is 10.1 Å². The number of rotatable bonds is 7. The summed E-state index contributed by atoms with van der Waals surface area (Å²) in [7, 11) is 0. The summed E-state index contributed by atoms with van der Waals surface area (Å²) >= 11 is 0. The van der Waals surface area contributed by atoms with Crippen molar-refractivity contribution in [2.45, 2.75) is 26.9 Å². The van der Waals surface area contributed by atoms with Gasteiger partial charge in [0.2, 0.25) is 0 Å². The first-order valence-electron chi connectivity index (χ1n) is 7.83. The van der Waals surface area contributed by atoms with Gasteiger partial charge in [-0.25, -0.2) is 4.79 Å². The van der Waals surface area contributed by atoms with Crippen LogP contribution >= 0.6 is 0 Å². The van der Waals surface area contributed by atoms with E-state index in [1.165, 1.54) is 13.0 Å². The highest BCUT2D eigenvalue weighted by molar-refractivity contribution is 5.96. The minimum Gasteiger partial charge on any atom is -0.494 e. The van der Waals surface area contributed by atoms with Gasteiger partial charge in [-0.1, -0.05) is 17.3 Å². The number of esters is 1. The molecule has 0 aliphatic carbocycles. The number of carbonyl (C=O) groups is 2. The maximum absolute atomic E-state index is 11.9. The number of amides is 1. The first-order valence-corrected chi connectivity index (χ1v) is 7.83. The summed E-state index contributed by atoms with van der Waals surface area (Å²) in [5, 5.41) is 6.14. The maximum atomic E-state index is 11.9. The fourth-order valence-electron chi connectivity index (χ4n) is 1.93. The molecule has 132 valence electrons. The number of hydrogen-bond donors (Lipinski definition) is 1. The van der Waals surface area contributed by atoms with Crippen LogP contribution in [0.1, 0.15) is 25.2 Å². The van der Waals surface area contributed by atoms with Crippen molar-refractivity contribution in [1.82, 2.24) is 5.16 Å². The molecule has 7 heteroatoms. The van der Waals surface area contributed by atoms with Gasteiger partial charge in [0.05, 0.1) is 6.61 Å². The molecule has 2 aromatic rings. The average Bonchev–Trinajstić information content (AvgIpc) is 2.99. The van der Waals surface area contributed by atoms with E-state index in [9.17, 15) is 9.59 Å². The van der Waals surface area contributed by atoms with Crippen LogP contribution in [0.5, 0.6) is 5.75 Å². The van der Waals surface area contributed by atoms with E-state index in [4.69, 9.17) is 14.0 Å². The van der Waals surface area contributed by atoms with Crippen LogP contribution in [0.4, 0.5) is 5.82 Å². The van der Waals surface area contributed by atoms with E-state index in [2.05, 4.69) is 10.5 Å². The molecule has 1 atom stereocenters. The van der Waals surface area contributed by atoms with Crippen LogP contribution in [0.2, 0.25) is 0 Å². The molecular weight excluding hydrogens is 324 g/mol. The highest BCUT2D eigenvalue weighted by Crippen LogP contribution is 2.13. The molecule has 0 aliphatic rings. The van der Waals surface area contributed by atoms with Crippen molar-refractivity contribution in [3.05, 3.63) is 47.7 Å². The third-order valence-electron chi connectivity index (χ3n) is 3.14. The Balaban J connectivity index is 1.84. The van der Waals surface area contributed by atoms with Gasteiger partial charge in [-0.3, -0.25) is 4.79 Å². The highest BCUT2D eigenvalue weighted by Gasteiger charge is 2.17. The molecule has 0 saturated carbocycles. The van der Waals surface area contributed by atoms with E-state index in [1.807, 2.05) is 31.2 Å². The zero-order chi connectivity index (χ0) is 18.2. The first-order chi connectivity index (χ1) is 12.0. The zero-order valence-corrected chi connectivity index (χ0v) is 14.3. The predicted molar refractivity (Wildman–Crippen MR) is 92.1 cm³/mol. The number of ether oxygens (including phenoxy) is 2. The molecule has 1 aromatic heterocycles. The smallest absolute Gasteiger partial charge is 0.331 e. The monoisotopic (exact) mass is 344 g/mol. The van der Waals surface area contributed by atoms with Gasteiger partial charge in [-0.2, -0.15) is 0 Å². The number of nitrogens with one attached hydrogen (secondary N) is 1. The van der Waals surface area contributed by atoms with Crippen LogP contribution in [-0.2, 0) is 14.3 Å². The Morgan fingerprint density at radius 1 is 1.32 bits per heavy atom. The van der Waals surface area contributed by atoms with E-state index < -0.39 is 18.0 Å². The van der Waals surface area contributed by atoms with Gasteiger partial charge in [0.25, 0.3) is 5.91 Å². The van der Waals surface area contributed by atoms with Crippen molar-refractivity contribution >= 4 is 23.8 Å². The fourth-order valence-corrected chi connectivity index (χ4v) is 1.93. The number of nitrogens with zero attached hydrogens (tertiary/aromatic N) is 1. The van der Waals surface area contributed by atoms with Gasteiger partial charge < -0.3 is 19.3 Å². The third-order valence-corrected chi connectivity index (χ3v) is 3.14. The van der Waals surface area contributed by atoms with Gasteiger partial charge >= 0.3 is 5.97 Å². The molecular formula is C18H20N2O5. The Hall–Kier alpha value is -3.09. The SMILES string of the molecule is CCOc1ccc(/C=C/C(=O)O[C@@H](C)C(=O)Nc2cc(C)on2)cc1. The van der Waals surface area contributed by atoms with Crippen molar-refractivity contribution in [2.75, 3.05) is 11.9 Å². The number of anilines is 1. The molecule has 0 unspecified atom stereocenters. The van der Waals surface area contributed by atoms with Crippen LogP contribution in [0.15, 0.2) is 40.9 Å². The molecule has 1 amide bonds. The van der Waals surface area contributed by atoms with Gasteiger partial charge in [0.15, 0.2) is 11.9 Å². The molecule has 0 fully saturated rings. The van der Waals surface area contributed by atoms with Gasteiger partial charge in [-0.05, 0) is 44.5 Å². The van der Waals surface area contributed by atoms with Gasteiger partial charge in [-0.15, -0.1) is 0 Å². The third kappa shape index (κ3) is 5.80. The lowest BCUT2D eigenvalue weighted by Crippen LogP contribution is -2.29. The summed E-state index contributed by atoms with van der Waals surface area (Å²) in [5.74, 6) is 0.494. The maximum Gasteiger partial charge on any atom is 0.331 e. The molecule has 0 radical (unpaired) electrons. The summed E-state index contributed by atoms with van der Waals surface area (Å²) in [5.41, 5.74) is 0.815. The van der Waals surface area contributed by atoms with E-state index in [0.29, 0.717) is 12.4 Å². The number of carbonyl (C=O) groups excluding carboxylic acids is 2. The van der Waals surface area contributed by atoms with E-state index >= 15 is 0 Å². The predicted octanol–water partition coefficient (Wildman–Crippen LogP) is 2.97. The van der Waals surface area contributed by atoms with E-state index in [1.54, 1.807) is 19.1 Å². The summed E-state index contributed by atoms with van der Waals surface area (Å²) in [6.07, 6.45) is 1.90. The van der Waals surface area contributed by atoms with Crippen molar-refractivity contribution in [2.24, 2.45) is 0 Å². The second kappa shape index (κ2) is 8.68. The molecule has 1 aromatic carbocycles. The fraction of sp³-hybridized carbons (Fsp3) is 0.278. The summed E-state index contributed by atoms with van der Waals surface area (Å²) in [6.45, 7) is 5.68. The number of aryl methyl sites for hydroxylation is 1. The molecule has 25 heavy (non-hydrogen) atoms. The van der Waals surface area contributed by atoms with Crippen LogP contribution in [0, 0.1) is 6.92 Å².